The maximum atomic E-state index is 4.81. The summed E-state index contributed by atoms with van der Waals surface area (Å²) >= 11 is 3.61. The number of fused-ring (bicyclic) bond motifs is 4. The zero-order valence-corrected chi connectivity index (χ0v) is 18.4. The van der Waals surface area contributed by atoms with Crippen molar-refractivity contribution in [2.24, 2.45) is 5.92 Å². The molecule has 2 heterocycles. The van der Waals surface area contributed by atoms with E-state index >= 15 is 0 Å². The van der Waals surface area contributed by atoms with Gasteiger partial charge in [-0.1, -0.05) is 40.5 Å². The molecule has 1 N–H and O–H groups in total. The van der Waals surface area contributed by atoms with Crippen molar-refractivity contribution in [3.8, 4) is 22.4 Å². The van der Waals surface area contributed by atoms with E-state index in [-0.39, 0.29) is 0 Å². The van der Waals surface area contributed by atoms with Crippen LogP contribution in [0.5, 0.6) is 0 Å². The largest absolute Gasteiger partial charge is 0.341 e. The monoisotopic (exact) mass is 447 g/mol. The van der Waals surface area contributed by atoms with Gasteiger partial charge in [-0.05, 0) is 91.1 Å². The number of aryl methyl sites for hydroxylation is 2. The van der Waals surface area contributed by atoms with Crippen molar-refractivity contribution in [1.82, 2.24) is 14.9 Å². The number of hydrogen-bond donors (Lipinski definition) is 1. The molecule has 148 valence electrons. The fourth-order valence-electron chi connectivity index (χ4n) is 6.00. The third-order valence-electron chi connectivity index (χ3n) is 7.51. The minimum atomic E-state index is 0.446. The highest BCUT2D eigenvalue weighted by molar-refractivity contribution is 9.10. The van der Waals surface area contributed by atoms with Crippen LogP contribution in [-0.4, -0.2) is 28.0 Å². The Bertz CT molecular complexity index is 1090. The van der Waals surface area contributed by atoms with Crippen LogP contribution in [0.2, 0.25) is 0 Å². The second-order valence-corrected chi connectivity index (χ2v) is 9.95. The number of aromatic amines is 1. The molecule has 1 aromatic heterocycles. The summed E-state index contributed by atoms with van der Waals surface area (Å²) in [5.41, 5.74) is 8.05. The van der Waals surface area contributed by atoms with E-state index < -0.39 is 0 Å². The lowest BCUT2D eigenvalue weighted by Gasteiger charge is -2.23. The second-order valence-electron chi connectivity index (χ2n) is 9.03. The van der Waals surface area contributed by atoms with Crippen molar-refractivity contribution in [1.29, 1.82) is 0 Å². The number of rotatable bonds is 2. The zero-order chi connectivity index (χ0) is 19.5. The number of nitrogens with one attached hydrogen (secondary N) is 1. The van der Waals surface area contributed by atoms with Gasteiger partial charge in [0.1, 0.15) is 5.82 Å². The number of halogens is 1. The van der Waals surface area contributed by atoms with Gasteiger partial charge in [0.2, 0.25) is 0 Å². The molecule has 3 aromatic rings. The van der Waals surface area contributed by atoms with E-state index in [1.807, 2.05) is 6.20 Å². The van der Waals surface area contributed by atoms with Crippen molar-refractivity contribution in [3.63, 3.8) is 0 Å². The SMILES string of the molecule is CN1C(c2ncc(-c3ccc4c(c3)CCc3cc(Br)ccc3-4)[nH]2)CC2CCCC21. The highest BCUT2D eigenvalue weighted by atomic mass is 79.9. The van der Waals surface area contributed by atoms with Gasteiger partial charge >= 0.3 is 0 Å². The maximum Gasteiger partial charge on any atom is 0.123 e. The molecule has 2 aromatic carbocycles. The van der Waals surface area contributed by atoms with Crippen LogP contribution in [-0.2, 0) is 12.8 Å². The minimum Gasteiger partial charge on any atom is -0.341 e. The molecule has 1 saturated carbocycles. The minimum absolute atomic E-state index is 0.446. The van der Waals surface area contributed by atoms with Gasteiger partial charge in [-0.25, -0.2) is 4.98 Å². The highest BCUT2D eigenvalue weighted by Gasteiger charge is 2.43. The van der Waals surface area contributed by atoms with Gasteiger partial charge in [0.05, 0.1) is 17.9 Å². The van der Waals surface area contributed by atoms with Crippen molar-refractivity contribution in [2.75, 3.05) is 7.05 Å². The molecule has 3 unspecified atom stereocenters. The Kier molecular flexibility index (Phi) is 4.21. The molecule has 3 nitrogen and oxygen atoms in total. The zero-order valence-electron chi connectivity index (χ0n) is 16.8. The van der Waals surface area contributed by atoms with E-state index in [1.165, 1.54) is 58.0 Å². The highest BCUT2D eigenvalue weighted by Crippen LogP contribution is 2.46. The van der Waals surface area contributed by atoms with Crippen LogP contribution in [0.3, 0.4) is 0 Å². The molecular formula is C25H26BrN3. The molecular weight excluding hydrogens is 422 g/mol. The van der Waals surface area contributed by atoms with Crippen LogP contribution in [0.4, 0.5) is 0 Å². The number of nitrogens with zero attached hydrogens (tertiary/aromatic N) is 2. The summed E-state index contributed by atoms with van der Waals surface area (Å²) in [4.78, 5) is 11.0. The predicted octanol–water partition coefficient (Wildman–Crippen LogP) is 6.15. The van der Waals surface area contributed by atoms with E-state index in [0.29, 0.717) is 6.04 Å². The Morgan fingerprint density at radius 1 is 1.03 bits per heavy atom. The summed E-state index contributed by atoms with van der Waals surface area (Å²) in [5.74, 6) is 2.01. The number of imidazole rings is 1. The predicted molar refractivity (Wildman–Crippen MR) is 121 cm³/mol. The molecule has 0 bridgehead atoms. The summed E-state index contributed by atoms with van der Waals surface area (Å²) in [5, 5.41) is 0. The van der Waals surface area contributed by atoms with E-state index in [9.17, 15) is 0 Å². The van der Waals surface area contributed by atoms with Gasteiger partial charge in [-0.3, -0.25) is 4.90 Å². The normalized spacial score (nSPS) is 25.7. The Morgan fingerprint density at radius 3 is 2.66 bits per heavy atom. The number of benzene rings is 2. The molecule has 6 rings (SSSR count). The number of hydrogen-bond acceptors (Lipinski definition) is 2. The van der Waals surface area contributed by atoms with Crippen LogP contribution in [0.25, 0.3) is 22.4 Å². The maximum absolute atomic E-state index is 4.81. The fraction of sp³-hybridized carbons (Fsp3) is 0.400. The molecule has 0 radical (unpaired) electrons. The molecule has 3 aliphatic rings. The van der Waals surface area contributed by atoms with Gasteiger partial charge in [-0.15, -0.1) is 0 Å². The summed E-state index contributed by atoms with van der Waals surface area (Å²) in [6.07, 6.45) is 9.63. The van der Waals surface area contributed by atoms with E-state index in [4.69, 9.17) is 4.98 Å². The summed E-state index contributed by atoms with van der Waals surface area (Å²) in [7, 11) is 2.29. The Hall–Kier alpha value is -1.91. The number of likely N-dealkylation sites (tertiary alicyclic amines) is 1. The second kappa shape index (κ2) is 6.82. The van der Waals surface area contributed by atoms with Crippen LogP contribution >= 0.6 is 15.9 Å². The lowest BCUT2D eigenvalue weighted by molar-refractivity contribution is 0.229. The molecule has 1 saturated heterocycles. The van der Waals surface area contributed by atoms with Crippen LogP contribution in [0, 0.1) is 5.92 Å². The average Bonchev–Trinajstić information content (AvgIpc) is 3.45. The lowest BCUT2D eigenvalue weighted by atomic mass is 9.84. The summed E-state index contributed by atoms with van der Waals surface area (Å²) in [6.45, 7) is 0. The van der Waals surface area contributed by atoms with Crippen molar-refractivity contribution in [2.45, 2.75) is 50.6 Å². The van der Waals surface area contributed by atoms with Crippen LogP contribution < -0.4 is 0 Å². The quantitative estimate of drug-likeness (QED) is 0.510. The third-order valence-corrected chi connectivity index (χ3v) is 8.00. The van der Waals surface area contributed by atoms with Crippen LogP contribution in [0.1, 0.15) is 48.7 Å². The molecule has 2 fully saturated rings. The number of H-pyrrole nitrogens is 1. The first kappa shape index (κ1) is 17.9. The topological polar surface area (TPSA) is 31.9 Å². The van der Waals surface area contributed by atoms with Gasteiger partial charge in [0, 0.05) is 10.5 Å². The van der Waals surface area contributed by atoms with E-state index in [2.05, 4.69) is 69.3 Å². The smallest absolute Gasteiger partial charge is 0.123 e. The molecule has 2 aliphatic carbocycles. The van der Waals surface area contributed by atoms with Crippen LogP contribution in [0.15, 0.2) is 47.1 Å². The standard InChI is InChI=1S/C25H26BrN3/c1-29-23-4-2-3-18(23)13-24(29)25-27-14-22(28-25)17-7-9-20-15(11-17)5-6-16-12-19(26)8-10-21(16)20/h7-12,14,18,23-24H,2-6,13H2,1H3,(H,27,28). The molecule has 3 atom stereocenters. The van der Waals surface area contributed by atoms with E-state index in [0.717, 1.165) is 36.3 Å². The fourth-order valence-corrected chi connectivity index (χ4v) is 6.41. The average molecular weight is 448 g/mol. The number of aromatic nitrogens is 2. The molecule has 1 aliphatic heterocycles. The first-order chi connectivity index (χ1) is 14.2. The van der Waals surface area contributed by atoms with Crippen molar-refractivity contribution >= 4 is 15.9 Å². The molecule has 29 heavy (non-hydrogen) atoms. The Labute approximate surface area is 180 Å². The Balaban J connectivity index is 1.30. The molecule has 4 heteroatoms. The van der Waals surface area contributed by atoms with Gasteiger partial charge < -0.3 is 4.98 Å². The molecule has 0 amide bonds. The van der Waals surface area contributed by atoms with Gasteiger partial charge in [0.25, 0.3) is 0 Å². The lowest BCUT2D eigenvalue weighted by Crippen LogP contribution is -2.28. The van der Waals surface area contributed by atoms with Gasteiger partial charge in [-0.2, -0.15) is 0 Å². The Morgan fingerprint density at radius 2 is 1.83 bits per heavy atom. The third kappa shape index (κ3) is 2.91. The van der Waals surface area contributed by atoms with Gasteiger partial charge in [0.15, 0.2) is 0 Å². The van der Waals surface area contributed by atoms with Crippen molar-refractivity contribution in [3.05, 3.63) is 64.0 Å². The first-order valence-electron chi connectivity index (χ1n) is 10.9. The summed E-state index contributed by atoms with van der Waals surface area (Å²) < 4.78 is 1.17. The first-order valence-corrected chi connectivity index (χ1v) is 11.7. The van der Waals surface area contributed by atoms with Crippen molar-refractivity contribution < 1.29 is 0 Å². The molecule has 0 spiro atoms. The summed E-state index contributed by atoms with van der Waals surface area (Å²) in [6, 6.07) is 14.8. The van der Waals surface area contributed by atoms with E-state index in [1.54, 1.807) is 0 Å².